The quantitative estimate of drug-likeness (QED) is 0.872. The second kappa shape index (κ2) is 4.91. The third-order valence-electron chi connectivity index (χ3n) is 3.65. The van der Waals surface area contributed by atoms with E-state index >= 15 is 0 Å². The van der Waals surface area contributed by atoms with Gasteiger partial charge in [0.1, 0.15) is 5.54 Å². The smallest absolute Gasteiger partial charge is 0.329 e. The van der Waals surface area contributed by atoms with Crippen LogP contribution in [0.25, 0.3) is 0 Å². The number of nitrogens with zero attached hydrogens (tertiary/aromatic N) is 1. The fourth-order valence-corrected chi connectivity index (χ4v) is 2.07. The molecule has 0 aromatic heterocycles. The van der Waals surface area contributed by atoms with Gasteiger partial charge in [0.2, 0.25) is 0 Å². The number of amides is 2. The van der Waals surface area contributed by atoms with Crippen LogP contribution in [-0.2, 0) is 4.79 Å². The number of carbonyl (C=O) groups excluding carboxylic acids is 1. The van der Waals surface area contributed by atoms with Gasteiger partial charge >= 0.3 is 12.0 Å². The van der Waals surface area contributed by atoms with Crippen LogP contribution in [0.1, 0.15) is 19.8 Å². The number of urea groups is 1. The number of carboxylic acid groups (broad SMARTS) is 1. The van der Waals surface area contributed by atoms with E-state index in [9.17, 15) is 14.7 Å². The highest BCUT2D eigenvalue weighted by atomic mass is 16.4. The first-order valence-corrected chi connectivity index (χ1v) is 6.29. The maximum atomic E-state index is 12.1. The molecule has 0 spiro atoms. The van der Waals surface area contributed by atoms with Crippen LogP contribution in [0.5, 0.6) is 0 Å². The minimum Gasteiger partial charge on any atom is -0.480 e. The summed E-state index contributed by atoms with van der Waals surface area (Å²) >= 11 is 0. The van der Waals surface area contributed by atoms with E-state index in [1.54, 1.807) is 26.1 Å². The van der Waals surface area contributed by atoms with Gasteiger partial charge in [-0.1, -0.05) is 18.2 Å². The van der Waals surface area contributed by atoms with Crippen molar-refractivity contribution in [2.24, 2.45) is 5.92 Å². The first kappa shape index (κ1) is 13.4. The Morgan fingerprint density at radius 1 is 1.32 bits per heavy atom. The highest BCUT2D eigenvalue weighted by Gasteiger charge is 2.49. The van der Waals surface area contributed by atoms with Crippen molar-refractivity contribution in [3.63, 3.8) is 0 Å². The third-order valence-corrected chi connectivity index (χ3v) is 3.65. The molecular formula is C14H18N2O3. The summed E-state index contributed by atoms with van der Waals surface area (Å²) in [6.07, 6.45) is 1.69. The van der Waals surface area contributed by atoms with Crippen molar-refractivity contribution < 1.29 is 14.7 Å². The molecule has 1 unspecified atom stereocenters. The zero-order chi connectivity index (χ0) is 14.0. The van der Waals surface area contributed by atoms with Crippen LogP contribution in [0.2, 0.25) is 0 Å². The van der Waals surface area contributed by atoms with E-state index in [2.05, 4.69) is 5.32 Å². The molecule has 19 heavy (non-hydrogen) atoms. The number of hydrogen-bond acceptors (Lipinski definition) is 2. The standard InChI is InChI=1S/C14H18N2O3/c1-14(12(17)18,10-8-9-10)15-13(19)16(2)11-6-4-3-5-7-11/h3-7,10H,8-9H2,1-2H3,(H,15,19)(H,17,18). The lowest BCUT2D eigenvalue weighted by Crippen LogP contribution is -2.57. The van der Waals surface area contributed by atoms with Gasteiger partial charge in [0.05, 0.1) is 0 Å². The number of nitrogens with one attached hydrogen (secondary N) is 1. The van der Waals surface area contributed by atoms with E-state index in [0.717, 1.165) is 18.5 Å². The lowest BCUT2D eigenvalue weighted by atomic mass is 9.96. The van der Waals surface area contributed by atoms with E-state index in [1.807, 2.05) is 18.2 Å². The number of benzene rings is 1. The Hall–Kier alpha value is -2.04. The first-order valence-electron chi connectivity index (χ1n) is 6.29. The van der Waals surface area contributed by atoms with Gasteiger partial charge in [-0.3, -0.25) is 4.90 Å². The van der Waals surface area contributed by atoms with Crippen molar-refractivity contribution >= 4 is 17.7 Å². The second-order valence-electron chi connectivity index (χ2n) is 5.11. The summed E-state index contributed by atoms with van der Waals surface area (Å²) in [5.74, 6) is -0.956. The molecular weight excluding hydrogens is 244 g/mol. The zero-order valence-corrected chi connectivity index (χ0v) is 11.1. The number of anilines is 1. The molecule has 2 amide bonds. The van der Waals surface area contributed by atoms with Crippen LogP contribution in [0.3, 0.4) is 0 Å². The minimum atomic E-state index is -1.18. The molecule has 2 rings (SSSR count). The van der Waals surface area contributed by atoms with Crippen molar-refractivity contribution in [1.29, 1.82) is 0 Å². The molecule has 102 valence electrons. The van der Waals surface area contributed by atoms with Gasteiger partial charge < -0.3 is 10.4 Å². The number of hydrogen-bond donors (Lipinski definition) is 2. The van der Waals surface area contributed by atoms with Gasteiger partial charge in [0.15, 0.2) is 0 Å². The fraction of sp³-hybridized carbons (Fsp3) is 0.429. The molecule has 2 N–H and O–H groups in total. The maximum Gasteiger partial charge on any atom is 0.329 e. The molecule has 0 aliphatic heterocycles. The van der Waals surface area contributed by atoms with Crippen molar-refractivity contribution in [2.45, 2.75) is 25.3 Å². The largest absolute Gasteiger partial charge is 0.480 e. The Bertz CT molecular complexity index is 485. The van der Waals surface area contributed by atoms with Crippen LogP contribution in [0.4, 0.5) is 10.5 Å². The topological polar surface area (TPSA) is 69.6 Å². The van der Waals surface area contributed by atoms with E-state index in [4.69, 9.17) is 0 Å². The van der Waals surface area contributed by atoms with Gasteiger partial charge in [-0.15, -0.1) is 0 Å². The van der Waals surface area contributed by atoms with Gasteiger partial charge in [-0.05, 0) is 37.8 Å². The number of para-hydroxylation sites is 1. The van der Waals surface area contributed by atoms with Crippen LogP contribution < -0.4 is 10.2 Å². The van der Waals surface area contributed by atoms with Crippen molar-refractivity contribution in [3.8, 4) is 0 Å². The third kappa shape index (κ3) is 2.70. The normalized spacial score (nSPS) is 17.4. The van der Waals surface area contributed by atoms with Gasteiger partial charge in [-0.2, -0.15) is 0 Å². The molecule has 0 bridgehead atoms. The molecule has 5 heteroatoms. The Balaban J connectivity index is 2.10. The van der Waals surface area contributed by atoms with Crippen molar-refractivity contribution in [2.75, 3.05) is 11.9 Å². The van der Waals surface area contributed by atoms with E-state index in [1.165, 1.54) is 4.90 Å². The summed E-state index contributed by atoms with van der Waals surface area (Å²) < 4.78 is 0. The molecule has 1 atom stereocenters. The number of carboxylic acids is 1. The Kier molecular flexibility index (Phi) is 3.46. The zero-order valence-electron chi connectivity index (χ0n) is 11.1. The lowest BCUT2D eigenvalue weighted by molar-refractivity contribution is -0.144. The van der Waals surface area contributed by atoms with E-state index < -0.39 is 17.5 Å². The molecule has 1 fully saturated rings. The monoisotopic (exact) mass is 262 g/mol. The molecule has 1 saturated carbocycles. The molecule has 1 aromatic rings. The Morgan fingerprint density at radius 2 is 1.89 bits per heavy atom. The summed E-state index contributed by atoms with van der Waals surface area (Å²) in [5.41, 5.74) is -0.455. The number of aliphatic carboxylic acids is 1. The molecule has 0 saturated heterocycles. The molecule has 5 nitrogen and oxygen atoms in total. The molecule has 1 aromatic carbocycles. The SMILES string of the molecule is CN(C(=O)NC(C)(C(=O)O)C1CC1)c1ccccc1. The summed E-state index contributed by atoms with van der Waals surface area (Å²) in [6, 6.07) is 8.72. The van der Waals surface area contributed by atoms with Crippen LogP contribution >= 0.6 is 0 Å². The molecule has 1 aliphatic carbocycles. The Morgan fingerprint density at radius 3 is 2.37 bits per heavy atom. The predicted octanol–water partition coefficient (Wildman–Crippen LogP) is 2.09. The predicted molar refractivity (Wildman–Crippen MR) is 72.1 cm³/mol. The van der Waals surface area contributed by atoms with E-state index in [0.29, 0.717) is 0 Å². The maximum absolute atomic E-state index is 12.1. The summed E-state index contributed by atoms with van der Waals surface area (Å²) in [5, 5.41) is 12.0. The van der Waals surface area contributed by atoms with Crippen LogP contribution in [0, 0.1) is 5.92 Å². The van der Waals surface area contributed by atoms with Gasteiger partial charge in [0, 0.05) is 12.7 Å². The van der Waals surface area contributed by atoms with Gasteiger partial charge in [0.25, 0.3) is 0 Å². The van der Waals surface area contributed by atoms with Crippen LogP contribution in [-0.4, -0.2) is 29.7 Å². The first-order chi connectivity index (χ1) is 8.95. The van der Waals surface area contributed by atoms with Gasteiger partial charge in [-0.25, -0.2) is 9.59 Å². The second-order valence-corrected chi connectivity index (χ2v) is 5.11. The highest BCUT2D eigenvalue weighted by Crippen LogP contribution is 2.39. The van der Waals surface area contributed by atoms with Crippen molar-refractivity contribution in [3.05, 3.63) is 30.3 Å². The number of carbonyl (C=O) groups is 2. The van der Waals surface area contributed by atoms with E-state index in [-0.39, 0.29) is 5.92 Å². The minimum absolute atomic E-state index is 0.0260. The van der Waals surface area contributed by atoms with Crippen molar-refractivity contribution in [1.82, 2.24) is 5.32 Å². The summed E-state index contributed by atoms with van der Waals surface area (Å²) in [4.78, 5) is 24.9. The number of rotatable bonds is 4. The highest BCUT2D eigenvalue weighted by molar-refractivity contribution is 5.95. The summed E-state index contributed by atoms with van der Waals surface area (Å²) in [6.45, 7) is 1.57. The van der Waals surface area contributed by atoms with Crippen LogP contribution in [0.15, 0.2) is 30.3 Å². The molecule has 0 heterocycles. The summed E-state index contributed by atoms with van der Waals surface area (Å²) in [7, 11) is 1.62. The average Bonchev–Trinajstić information content (AvgIpc) is 3.23. The Labute approximate surface area is 112 Å². The fourth-order valence-electron chi connectivity index (χ4n) is 2.07. The molecule has 0 radical (unpaired) electrons. The lowest BCUT2D eigenvalue weighted by Gasteiger charge is -2.29. The average molecular weight is 262 g/mol. The molecule has 1 aliphatic rings.